The van der Waals surface area contributed by atoms with Crippen LogP contribution in [0.2, 0.25) is 0 Å². The second-order valence-electron chi connectivity index (χ2n) is 5.47. The molecule has 2 heterocycles. The molecule has 0 radical (unpaired) electrons. The number of benzene rings is 1. The highest BCUT2D eigenvalue weighted by atomic mass is 79.9. The summed E-state index contributed by atoms with van der Waals surface area (Å²) in [5.41, 5.74) is 1.40. The standard InChI is InChI=1S/C15H20BrNO/c16-8-12-4-3-7-17(9-12)10-13-11-18-15-6-2-1-5-14(13)15/h1-2,5-6,12-13H,3-4,7-11H2. The zero-order valence-electron chi connectivity index (χ0n) is 10.6. The SMILES string of the molecule is BrCC1CCCN(CC2COc3ccccc32)C1. The highest BCUT2D eigenvalue weighted by Crippen LogP contribution is 2.34. The minimum atomic E-state index is 0.565. The van der Waals surface area contributed by atoms with Crippen molar-refractivity contribution >= 4 is 15.9 Å². The van der Waals surface area contributed by atoms with Crippen LogP contribution in [0, 0.1) is 5.92 Å². The van der Waals surface area contributed by atoms with Crippen molar-refractivity contribution in [2.75, 3.05) is 31.6 Å². The predicted molar refractivity (Wildman–Crippen MR) is 77.6 cm³/mol. The third kappa shape index (κ3) is 2.57. The average molecular weight is 310 g/mol. The first-order valence-electron chi connectivity index (χ1n) is 6.87. The van der Waals surface area contributed by atoms with E-state index >= 15 is 0 Å². The number of hydrogen-bond donors (Lipinski definition) is 0. The topological polar surface area (TPSA) is 12.5 Å². The maximum absolute atomic E-state index is 5.77. The monoisotopic (exact) mass is 309 g/mol. The Kier molecular flexibility index (Phi) is 3.90. The predicted octanol–water partition coefficient (Wildman–Crippen LogP) is 3.27. The molecule has 1 fully saturated rings. The molecule has 3 rings (SSSR count). The minimum absolute atomic E-state index is 0.565. The van der Waals surface area contributed by atoms with Crippen LogP contribution < -0.4 is 4.74 Å². The lowest BCUT2D eigenvalue weighted by Gasteiger charge is -2.33. The highest BCUT2D eigenvalue weighted by molar-refractivity contribution is 9.09. The van der Waals surface area contributed by atoms with Gasteiger partial charge in [0.1, 0.15) is 5.75 Å². The number of halogens is 1. The number of para-hydroxylation sites is 1. The van der Waals surface area contributed by atoms with Gasteiger partial charge in [0.2, 0.25) is 0 Å². The normalized spacial score (nSPS) is 27.8. The van der Waals surface area contributed by atoms with Gasteiger partial charge in [0.25, 0.3) is 0 Å². The molecule has 2 aliphatic heterocycles. The number of nitrogens with zero attached hydrogens (tertiary/aromatic N) is 1. The fraction of sp³-hybridized carbons (Fsp3) is 0.600. The van der Waals surface area contributed by atoms with Crippen LogP contribution in [0.5, 0.6) is 5.75 Å². The van der Waals surface area contributed by atoms with Gasteiger partial charge in [0.05, 0.1) is 6.61 Å². The summed E-state index contributed by atoms with van der Waals surface area (Å²) >= 11 is 3.63. The summed E-state index contributed by atoms with van der Waals surface area (Å²) in [6.45, 7) is 4.50. The average Bonchev–Trinajstić information content (AvgIpc) is 2.83. The summed E-state index contributed by atoms with van der Waals surface area (Å²) < 4.78 is 5.77. The molecule has 2 aliphatic rings. The second-order valence-corrected chi connectivity index (χ2v) is 6.12. The van der Waals surface area contributed by atoms with Gasteiger partial charge in [-0.3, -0.25) is 0 Å². The first-order valence-corrected chi connectivity index (χ1v) is 7.99. The number of piperidine rings is 1. The molecular weight excluding hydrogens is 290 g/mol. The van der Waals surface area contributed by atoms with Crippen molar-refractivity contribution in [3.8, 4) is 5.75 Å². The molecule has 0 spiro atoms. The third-order valence-electron chi connectivity index (χ3n) is 4.10. The van der Waals surface area contributed by atoms with E-state index in [0.717, 1.165) is 30.1 Å². The molecule has 0 aliphatic carbocycles. The van der Waals surface area contributed by atoms with Gasteiger partial charge in [-0.15, -0.1) is 0 Å². The Balaban J connectivity index is 1.64. The second kappa shape index (κ2) is 5.62. The molecule has 0 bridgehead atoms. The van der Waals surface area contributed by atoms with Crippen molar-refractivity contribution in [3.63, 3.8) is 0 Å². The number of rotatable bonds is 3. The molecule has 0 saturated carbocycles. The lowest BCUT2D eigenvalue weighted by atomic mass is 9.96. The molecule has 98 valence electrons. The van der Waals surface area contributed by atoms with Crippen LogP contribution in [0.1, 0.15) is 24.3 Å². The molecule has 0 N–H and O–H groups in total. The van der Waals surface area contributed by atoms with Gasteiger partial charge in [-0.1, -0.05) is 34.1 Å². The Morgan fingerprint density at radius 1 is 1.33 bits per heavy atom. The fourth-order valence-electron chi connectivity index (χ4n) is 3.14. The molecular formula is C15H20BrNO. The fourth-order valence-corrected chi connectivity index (χ4v) is 3.66. The van der Waals surface area contributed by atoms with E-state index in [1.165, 1.54) is 31.5 Å². The van der Waals surface area contributed by atoms with Crippen molar-refractivity contribution in [3.05, 3.63) is 29.8 Å². The Morgan fingerprint density at radius 2 is 2.22 bits per heavy atom. The maximum Gasteiger partial charge on any atom is 0.122 e. The van der Waals surface area contributed by atoms with E-state index in [1.54, 1.807) is 0 Å². The quantitative estimate of drug-likeness (QED) is 0.795. The van der Waals surface area contributed by atoms with E-state index in [0.29, 0.717) is 5.92 Å². The number of fused-ring (bicyclic) bond motifs is 1. The summed E-state index contributed by atoms with van der Waals surface area (Å²) in [6, 6.07) is 8.49. The number of ether oxygens (including phenoxy) is 1. The van der Waals surface area contributed by atoms with Crippen LogP contribution >= 0.6 is 15.9 Å². The Morgan fingerprint density at radius 3 is 3.11 bits per heavy atom. The largest absolute Gasteiger partial charge is 0.493 e. The van der Waals surface area contributed by atoms with Crippen molar-refractivity contribution in [1.29, 1.82) is 0 Å². The Hall–Kier alpha value is -0.540. The zero-order chi connectivity index (χ0) is 12.4. The van der Waals surface area contributed by atoms with Crippen LogP contribution in [0.25, 0.3) is 0 Å². The highest BCUT2D eigenvalue weighted by Gasteiger charge is 2.27. The van der Waals surface area contributed by atoms with Gasteiger partial charge in [-0.2, -0.15) is 0 Å². The third-order valence-corrected chi connectivity index (χ3v) is 5.01. The van der Waals surface area contributed by atoms with Gasteiger partial charge in [0.15, 0.2) is 0 Å². The van der Waals surface area contributed by atoms with Gasteiger partial charge in [-0.25, -0.2) is 0 Å². The number of alkyl halides is 1. The van der Waals surface area contributed by atoms with Gasteiger partial charge >= 0.3 is 0 Å². The molecule has 3 heteroatoms. The van der Waals surface area contributed by atoms with Crippen molar-refractivity contribution < 1.29 is 4.74 Å². The summed E-state index contributed by atoms with van der Waals surface area (Å²) in [6.07, 6.45) is 2.71. The first-order chi connectivity index (χ1) is 8.86. The van der Waals surface area contributed by atoms with Gasteiger partial charge in [-0.05, 0) is 31.4 Å². The lowest BCUT2D eigenvalue weighted by Crippen LogP contribution is -2.38. The van der Waals surface area contributed by atoms with Crippen LogP contribution in [0.15, 0.2) is 24.3 Å². The summed E-state index contributed by atoms with van der Waals surface area (Å²) in [4.78, 5) is 2.62. The molecule has 1 aromatic rings. The molecule has 2 nitrogen and oxygen atoms in total. The zero-order valence-corrected chi connectivity index (χ0v) is 12.2. The molecule has 0 aromatic heterocycles. The molecule has 2 unspecified atom stereocenters. The summed E-state index contributed by atoms with van der Waals surface area (Å²) in [5.74, 6) is 2.49. The van der Waals surface area contributed by atoms with Crippen LogP contribution in [-0.2, 0) is 0 Å². The van der Waals surface area contributed by atoms with E-state index in [1.807, 2.05) is 0 Å². The van der Waals surface area contributed by atoms with E-state index in [4.69, 9.17) is 4.74 Å². The molecule has 2 atom stereocenters. The van der Waals surface area contributed by atoms with E-state index in [2.05, 4.69) is 45.1 Å². The Labute approximate surface area is 117 Å². The van der Waals surface area contributed by atoms with Crippen LogP contribution in [0.4, 0.5) is 0 Å². The Bertz CT molecular complexity index is 409. The number of likely N-dealkylation sites (tertiary alicyclic amines) is 1. The van der Waals surface area contributed by atoms with Crippen LogP contribution in [-0.4, -0.2) is 36.5 Å². The molecule has 1 aromatic carbocycles. The summed E-state index contributed by atoms with van der Waals surface area (Å²) in [7, 11) is 0. The maximum atomic E-state index is 5.77. The molecule has 18 heavy (non-hydrogen) atoms. The van der Waals surface area contributed by atoms with Crippen molar-refractivity contribution in [2.45, 2.75) is 18.8 Å². The number of hydrogen-bond acceptors (Lipinski definition) is 2. The summed E-state index contributed by atoms with van der Waals surface area (Å²) in [5, 5.41) is 1.14. The minimum Gasteiger partial charge on any atom is -0.493 e. The smallest absolute Gasteiger partial charge is 0.122 e. The lowest BCUT2D eigenvalue weighted by molar-refractivity contribution is 0.168. The van der Waals surface area contributed by atoms with E-state index < -0.39 is 0 Å². The van der Waals surface area contributed by atoms with Crippen LogP contribution in [0.3, 0.4) is 0 Å². The van der Waals surface area contributed by atoms with Crippen molar-refractivity contribution in [1.82, 2.24) is 4.90 Å². The first kappa shape index (κ1) is 12.5. The molecule has 0 amide bonds. The van der Waals surface area contributed by atoms with E-state index in [9.17, 15) is 0 Å². The van der Waals surface area contributed by atoms with Gasteiger partial charge in [0, 0.05) is 29.9 Å². The van der Waals surface area contributed by atoms with Crippen molar-refractivity contribution in [2.24, 2.45) is 5.92 Å². The van der Waals surface area contributed by atoms with Gasteiger partial charge < -0.3 is 9.64 Å². The molecule has 1 saturated heterocycles. The van der Waals surface area contributed by atoms with E-state index in [-0.39, 0.29) is 0 Å².